The number of hydrogen-bond donors (Lipinski definition) is 0. The molecule has 0 bridgehead atoms. The molecule has 0 N–H and O–H groups in total. The van der Waals surface area contributed by atoms with E-state index in [-0.39, 0.29) is 0 Å². The fourth-order valence-corrected chi connectivity index (χ4v) is 5.00. The maximum Gasteiger partial charge on any atom is 0.0575 e. The average molecular weight is 349 g/mol. The summed E-state index contributed by atoms with van der Waals surface area (Å²) in [6.45, 7) is 7.14. The first-order valence-electron chi connectivity index (χ1n) is 11.5. The van der Waals surface area contributed by atoms with E-state index in [2.05, 4.69) is 19.6 Å². The molecule has 25 heavy (non-hydrogen) atoms. The Hall–Kier alpha value is -0.300. The average Bonchev–Trinajstić information content (AvgIpc) is 2.66. The SMILES string of the molecule is C=CCC[C@H]1CC[C@H](CC[C@H]2CC[C@H](OCCCCCC)CC2)CC1. The van der Waals surface area contributed by atoms with Crippen molar-refractivity contribution in [2.45, 2.75) is 116 Å². The molecule has 0 radical (unpaired) electrons. The molecule has 2 aliphatic rings. The molecule has 2 aliphatic carbocycles. The van der Waals surface area contributed by atoms with Gasteiger partial charge in [-0.2, -0.15) is 0 Å². The zero-order valence-corrected chi connectivity index (χ0v) is 17.0. The van der Waals surface area contributed by atoms with Crippen LogP contribution in [0.5, 0.6) is 0 Å². The molecule has 0 amide bonds. The van der Waals surface area contributed by atoms with Gasteiger partial charge in [-0.05, 0) is 62.7 Å². The molecule has 146 valence electrons. The van der Waals surface area contributed by atoms with Crippen LogP contribution in [-0.4, -0.2) is 12.7 Å². The van der Waals surface area contributed by atoms with Gasteiger partial charge in [-0.25, -0.2) is 0 Å². The summed E-state index contributed by atoms with van der Waals surface area (Å²) < 4.78 is 6.11. The quantitative estimate of drug-likeness (QED) is 0.259. The minimum Gasteiger partial charge on any atom is -0.378 e. The van der Waals surface area contributed by atoms with Crippen molar-refractivity contribution in [2.24, 2.45) is 17.8 Å². The molecule has 1 heteroatoms. The van der Waals surface area contributed by atoms with Gasteiger partial charge in [0, 0.05) is 6.61 Å². The third kappa shape index (κ3) is 8.76. The highest BCUT2D eigenvalue weighted by atomic mass is 16.5. The van der Waals surface area contributed by atoms with Crippen LogP contribution in [0.25, 0.3) is 0 Å². The van der Waals surface area contributed by atoms with Gasteiger partial charge in [0.1, 0.15) is 0 Å². The van der Waals surface area contributed by atoms with E-state index >= 15 is 0 Å². The summed E-state index contributed by atoms with van der Waals surface area (Å²) in [5.74, 6) is 3.03. The Kier molecular flexibility index (Phi) is 10.9. The van der Waals surface area contributed by atoms with Gasteiger partial charge < -0.3 is 4.74 Å². The molecule has 2 fully saturated rings. The van der Waals surface area contributed by atoms with Crippen molar-refractivity contribution in [1.82, 2.24) is 0 Å². The highest BCUT2D eigenvalue weighted by Gasteiger charge is 2.24. The van der Waals surface area contributed by atoms with Crippen molar-refractivity contribution in [1.29, 1.82) is 0 Å². The summed E-state index contributed by atoms with van der Waals surface area (Å²) in [6.07, 6.45) is 25.0. The second kappa shape index (κ2) is 13.0. The number of allylic oxidation sites excluding steroid dienone is 1. The lowest BCUT2D eigenvalue weighted by Gasteiger charge is -2.32. The zero-order valence-electron chi connectivity index (χ0n) is 17.0. The Balaban J connectivity index is 1.48. The summed E-state index contributed by atoms with van der Waals surface area (Å²) in [5, 5.41) is 0. The minimum atomic E-state index is 0.582. The van der Waals surface area contributed by atoms with Crippen molar-refractivity contribution >= 4 is 0 Å². The van der Waals surface area contributed by atoms with E-state index in [4.69, 9.17) is 4.74 Å². The molecule has 0 aromatic carbocycles. The summed E-state index contributed by atoms with van der Waals surface area (Å²) >= 11 is 0. The van der Waals surface area contributed by atoms with Crippen LogP contribution in [0.1, 0.15) is 110 Å². The van der Waals surface area contributed by atoms with Gasteiger partial charge >= 0.3 is 0 Å². The molecular formula is C24H44O. The molecule has 0 heterocycles. The van der Waals surface area contributed by atoms with Crippen molar-refractivity contribution in [3.63, 3.8) is 0 Å². The molecule has 0 aromatic heterocycles. The number of ether oxygens (including phenoxy) is 1. The monoisotopic (exact) mass is 348 g/mol. The third-order valence-electron chi connectivity index (χ3n) is 6.87. The Bertz CT molecular complexity index is 321. The smallest absolute Gasteiger partial charge is 0.0575 e. The van der Waals surface area contributed by atoms with E-state index in [9.17, 15) is 0 Å². The Morgan fingerprint density at radius 1 is 0.760 bits per heavy atom. The van der Waals surface area contributed by atoms with Crippen LogP contribution >= 0.6 is 0 Å². The van der Waals surface area contributed by atoms with Crippen LogP contribution in [-0.2, 0) is 4.74 Å². The van der Waals surface area contributed by atoms with E-state index in [0.29, 0.717) is 6.10 Å². The van der Waals surface area contributed by atoms with E-state index in [0.717, 1.165) is 24.4 Å². The molecule has 0 unspecified atom stereocenters. The summed E-state index contributed by atoms with van der Waals surface area (Å²) in [7, 11) is 0. The highest BCUT2D eigenvalue weighted by Crippen LogP contribution is 2.37. The highest BCUT2D eigenvalue weighted by molar-refractivity contribution is 4.78. The standard InChI is InChI=1S/C24H44O/c1-3-5-7-8-20-25-24-18-16-23(17-19-24)15-14-22-12-10-21(11-13-22)9-6-4-2/h4,21-24H,2-3,5-20H2,1H3/t21-,22-,23-,24-. The summed E-state index contributed by atoms with van der Waals surface area (Å²) in [5.41, 5.74) is 0. The zero-order chi connectivity index (χ0) is 17.7. The first-order chi connectivity index (χ1) is 12.3. The minimum absolute atomic E-state index is 0.582. The lowest BCUT2D eigenvalue weighted by atomic mass is 9.76. The molecule has 0 saturated heterocycles. The Morgan fingerprint density at radius 3 is 1.88 bits per heavy atom. The van der Waals surface area contributed by atoms with Crippen LogP contribution in [0.4, 0.5) is 0 Å². The van der Waals surface area contributed by atoms with Crippen LogP contribution in [0, 0.1) is 17.8 Å². The molecule has 0 spiro atoms. The van der Waals surface area contributed by atoms with E-state index in [1.165, 1.54) is 103 Å². The molecule has 0 aromatic rings. The van der Waals surface area contributed by atoms with Crippen LogP contribution in [0.2, 0.25) is 0 Å². The molecule has 0 atom stereocenters. The van der Waals surface area contributed by atoms with Crippen LogP contribution < -0.4 is 0 Å². The topological polar surface area (TPSA) is 9.23 Å². The van der Waals surface area contributed by atoms with E-state index < -0.39 is 0 Å². The molecule has 2 saturated carbocycles. The number of hydrogen-bond acceptors (Lipinski definition) is 1. The first kappa shape index (κ1) is 21.0. The van der Waals surface area contributed by atoms with Gasteiger partial charge in [0.05, 0.1) is 6.10 Å². The Labute approximate surface area is 158 Å². The van der Waals surface area contributed by atoms with Crippen molar-refractivity contribution in [2.75, 3.05) is 6.61 Å². The second-order valence-corrected chi connectivity index (χ2v) is 8.90. The first-order valence-corrected chi connectivity index (χ1v) is 11.5. The maximum atomic E-state index is 6.11. The molecule has 0 aliphatic heterocycles. The van der Waals surface area contributed by atoms with Gasteiger partial charge in [-0.15, -0.1) is 6.58 Å². The summed E-state index contributed by atoms with van der Waals surface area (Å²) in [4.78, 5) is 0. The number of unbranched alkanes of at least 4 members (excludes halogenated alkanes) is 3. The van der Waals surface area contributed by atoms with Gasteiger partial charge in [-0.1, -0.05) is 70.8 Å². The van der Waals surface area contributed by atoms with Crippen molar-refractivity contribution in [3.8, 4) is 0 Å². The van der Waals surface area contributed by atoms with Crippen LogP contribution in [0.3, 0.4) is 0 Å². The van der Waals surface area contributed by atoms with E-state index in [1.807, 2.05) is 0 Å². The molecule has 1 nitrogen and oxygen atoms in total. The van der Waals surface area contributed by atoms with E-state index in [1.54, 1.807) is 0 Å². The number of rotatable bonds is 12. The third-order valence-corrected chi connectivity index (χ3v) is 6.87. The fraction of sp³-hybridized carbons (Fsp3) is 0.917. The normalized spacial score (nSPS) is 30.3. The van der Waals surface area contributed by atoms with Gasteiger partial charge in [-0.3, -0.25) is 0 Å². The molecule has 2 rings (SSSR count). The van der Waals surface area contributed by atoms with Gasteiger partial charge in [0.25, 0.3) is 0 Å². The molecular weight excluding hydrogens is 304 g/mol. The lowest BCUT2D eigenvalue weighted by molar-refractivity contribution is 0.0145. The maximum absolute atomic E-state index is 6.11. The Morgan fingerprint density at radius 2 is 1.32 bits per heavy atom. The predicted molar refractivity (Wildman–Crippen MR) is 110 cm³/mol. The van der Waals surface area contributed by atoms with Gasteiger partial charge in [0.15, 0.2) is 0 Å². The van der Waals surface area contributed by atoms with Crippen LogP contribution in [0.15, 0.2) is 12.7 Å². The second-order valence-electron chi connectivity index (χ2n) is 8.90. The van der Waals surface area contributed by atoms with Crippen molar-refractivity contribution in [3.05, 3.63) is 12.7 Å². The van der Waals surface area contributed by atoms with Crippen molar-refractivity contribution < 1.29 is 4.74 Å². The van der Waals surface area contributed by atoms with Gasteiger partial charge in [0.2, 0.25) is 0 Å². The largest absolute Gasteiger partial charge is 0.378 e. The fourth-order valence-electron chi connectivity index (χ4n) is 5.00. The predicted octanol–water partition coefficient (Wildman–Crippen LogP) is 7.69. The lowest BCUT2D eigenvalue weighted by Crippen LogP contribution is -2.23. The summed E-state index contributed by atoms with van der Waals surface area (Å²) in [6, 6.07) is 0.